The van der Waals surface area contributed by atoms with E-state index in [0.717, 1.165) is 16.8 Å². The quantitative estimate of drug-likeness (QED) is 0.718. The van der Waals surface area contributed by atoms with Crippen molar-refractivity contribution in [1.82, 2.24) is 9.97 Å². The van der Waals surface area contributed by atoms with Gasteiger partial charge in [0.15, 0.2) is 0 Å². The van der Waals surface area contributed by atoms with E-state index in [2.05, 4.69) is 20.6 Å². The third kappa shape index (κ3) is 4.55. The topological polar surface area (TPSA) is 66.9 Å². The molecule has 126 valence electrons. The highest BCUT2D eigenvalue weighted by atomic mass is 35.5. The molecule has 0 bridgehead atoms. The Morgan fingerprint density at radius 2 is 1.96 bits per heavy atom. The maximum atomic E-state index is 12.4. The molecule has 0 unspecified atom stereocenters. The number of carbonyl (C=O) groups is 1. The number of aryl methyl sites for hydroxylation is 1. The van der Waals surface area contributed by atoms with Gasteiger partial charge in [0.1, 0.15) is 5.69 Å². The predicted molar refractivity (Wildman–Crippen MR) is 99.9 cm³/mol. The molecule has 0 fully saturated rings. The standard InChI is InChI=1S/C19H17ClN4O/c1-13-5-4-7-15(11-13)23-18(25)17-9-10-21-19(24-17)22-12-14-6-2-3-8-16(14)20/h2-11H,12H2,1H3,(H,23,25)(H,21,22,24). The van der Waals surface area contributed by atoms with Gasteiger partial charge in [-0.05, 0) is 42.3 Å². The molecule has 6 heteroatoms. The number of benzene rings is 2. The third-order valence-electron chi connectivity index (χ3n) is 3.56. The molecule has 2 aromatic carbocycles. The maximum Gasteiger partial charge on any atom is 0.274 e. The van der Waals surface area contributed by atoms with Crippen molar-refractivity contribution in [3.63, 3.8) is 0 Å². The monoisotopic (exact) mass is 352 g/mol. The van der Waals surface area contributed by atoms with Crippen molar-refractivity contribution in [2.45, 2.75) is 13.5 Å². The van der Waals surface area contributed by atoms with Crippen LogP contribution in [0.25, 0.3) is 0 Å². The molecule has 0 aliphatic carbocycles. The molecule has 0 aliphatic heterocycles. The lowest BCUT2D eigenvalue weighted by Gasteiger charge is -2.08. The van der Waals surface area contributed by atoms with Gasteiger partial charge in [-0.25, -0.2) is 9.97 Å². The van der Waals surface area contributed by atoms with Crippen LogP contribution in [0.5, 0.6) is 0 Å². The second-order valence-electron chi connectivity index (χ2n) is 5.53. The van der Waals surface area contributed by atoms with Gasteiger partial charge in [0, 0.05) is 23.5 Å². The Labute approximate surface area is 151 Å². The Hall–Kier alpha value is -2.92. The SMILES string of the molecule is Cc1cccc(NC(=O)c2ccnc(NCc3ccccc3Cl)n2)c1. The van der Waals surface area contributed by atoms with Crippen LogP contribution in [0.4, 0.5) is 11.6 Å². The summed E-state index contributed by atoms with van der Waals surface area (Å²) in [5.41, 5.74) is 3.03. The van der Waals surface area contributed by atoms with Gasteiger partial charge in [0.2, 0.25) is 5.95 Å². The number of aromatic nitrogens is 2. The van der Waals surface area contributed by atoms with Gasteiger partial charge in [-0.15, -0.1) is 0 Å². The van der Waals surface area contributed by atoms with Gasteiger partial charge in [-0.1, -0.05) is 41.9 Å². The summed E-state index contributed by atoms with van der Waals surface area (Å²) < 4.78 is 0. The molecule has 0 saturated carbocycles. The molecule has 3 rings (SSSR count). The third-order valence-corrected chi connectivity index (χ3v) is 3.93. The number of carbonyl (C=O) groups excluding carboxylic acids is 1. The fraction of sp³-hybridized carbons (Fsp3) is 0.105. The lowest BCUT2D eigenvalue weighted by molar-refractivity contribution is 0.102. The number of rotatable bonds is 5. The molecule has 0 spiro atoms. The molecule has 0 atom stereocenters. The van der Waals surface area contributed by atoms with E-state index in [9.17, 15) is 4.79 Å². The second-order valence-corrected chi connectivity index (χ2v) is 5.94. The van der Waals surface area contributed by atoms with Gasteiger partial charge in [0.25, 0.3) is 5.91 Å². The van der Waals surface area contributed by atoms with E-state index < -0.39 is 0 Å². The van der Waals surface area contributed by atoms with Crippen molar-refractivity contribution >= 4 is 29.1 Å². The van der Waals surface area contributed by atoms with Crippen LogP contribution in [-0.2, 0) is 6.54 Å². The largest absolute Gasteiger partial charge is 0.350 e. The highest BCUT2D eigenvalue weighted by molar-refractivity contribution is 6.31. The van der Waals surface area contributed by atoms with Crippen molar-refractivity contribution < 1.29 is 4.79 Å². The van der Waals surface area contributed by atoms with Crippen molar-refractivity contribution in [3.05, 3.63) is 82.6 Å². The number of anilines is 2. The molecule has 1 amide bonds. The van der Waals surface area contributed by atoms with Crippen molar-refractivity contribution in [1.29, 1.82) is 0 Å². The van der Waals surface area contributed by atoms with Gasteiger partial charge in [-0.2, -0.15) is 0 Å². The van der Waals surface area contributed by atoms with Crippen LogP contribution in [0.1, 0.15) is 21.6 Å². The summed E-state index contributed by atoms with van der Waals surface area (Å²) in [6, 6.07) is 16.7. The second kappa shape index (κ2) is 7.77. The smallest absolute Gasteiger partial charge is 0.274 e. The summed E-state index contributed by atoms with van der Waals surface area (Å²) in [6.07, 6.45) is 1.55. The first-order valence-corrected chi connectivity index (χ1v) is 8.18. The average molecular weight is 353 g/mol. The Kier molecular flexibility index (Phi) is 5.26. The van der Waals surface area contributed by atoms with Crippen LogP contribution in [-0.4, -0.2) is 15.9 Å². The van der Waals surface area contributed by atoms with E-state index in [-0.39, 0.29) is 11.6 Å². The Bertz CT molecular complexity index is 898. The molecule has 0 aliphatic rings. The molecular formula is C19H17ClN4O. The number of hydrogen-bond acceptors (Lipinski definition) is 4. The fourth-order valence-electron chi connectivity index (χ4n) is 2.30. The van der Waals surface area contributed by atoms with E-state index in [1.165, 1.54) is 0 Å². The minimum absolute atomic E-state index is 0.284. The molecule has 0 saturated heterocycles. The molecule has 25 heavy (non-hydrogen) atoms. The molecule has 3 aromatic rings. The summed E-state index contributed by atoms with van der Waals surface area (Å²) in [5, 5.41) is 6.58. The van der Waals surface area contributed by atoms with Crippen molar-refractivity contribution in [3.8, 4) is 0 Å². The van der Waals surface area contributed by atoms with Crippen molar-refractivity contribution in [2.75, 3.05) is 10.6 Å². The highest BCUT2D eigenvalue weighted by Gasteiger charge is 2.09. The summed E-state index contributed by atoms with van der Waals surface area (Å²) in [5.74, 6) is 0.0885. The summed E-state index contributed by atoms with van der Waals surface area (Å²) >= 11 is 6.13. The first-order valence-electron chi connectivity index (χ1n) is 7.80. The Balaban J connectivity index is 1.68. The predicted octanol–water partition coefficient (Wildman–Crippen LogP) is 4.30. The first-order chi connectivity index (χ1) is 12.1. The average Bonchev–Trinajstić information content (AvgIpc) is 2.61. The summed E-state index contributed by atoms with van der Waals surface area (Å²) in [4.78, 5) is 20.8. The van der Waals surface area contributed by atoms with Crippen LogP contribution in [0.3, 0.4) is 0 Å². The Morgan fingerprint density at radius 1 is 1.12 bits per heavy atom. The number of nitrogens with one attached hydrogen (secondary N) is 2. The minimum atomic E-state index is -0.284. The normalized spacial score (nSPS) is 10.3. The maximum absolute atomic E-state index is 12.4. The molecule has 1 aromatic heterocycles. The number of hydrogen-bond donors (Lipinski definition) is 2. The lowest BCUT2D eigenvalue weighted by atomic mass is 10.2. The van der Waals surface area contributed by atoms with E-state index >= 15 is 0 Å². The van der Waals surface area contributed by atoms with Gasteiger partial charge in [-0.3, -0.25) is 4.79 Å². The first kappa shape index (κ1) is 16.9. The van der Waals surface area contributed by atoms with Crippen molar-refractivity contribution in [2.24, 2.45) is 0 Å². The van der Waals surface area contributed by atoms with E-state index in [0.29, 0.717) is 17.5 Å². The van der Waals surface area contributed by atoms with E-state index in [1.54, 1.807) is 12.3 Å². The number of halogens is 1. The molecule has 2 N–H and O–H groups in total. The number of amides is 1. The van der Waals surface area contributed by atoms with Crippen LogP contribution in [0.15, 0.2) is 60.8 Å². The van der Waals surface area contributed by atoms with Crippen LogP contribution >= 0.6 is 11.6 Å². The van der Waals surface area contributed by atoms with Crippen LogP contribution < -0.4 is 10.6 Å². The molecule has 1 heterocycles. The van der Waals surface area contributed by atoms with E-state index in [1.807, 2.05) is 55.5 Å². The van der Waals surface area contributed by atoms with Gasteiger partial charge >= 0.3 is 0 Å². The summed E-state index contributed by atoms with van der Waals surface area (Å²) in [6.45, 7) is 2.44. The molecule has 5 nitrogen and oxygen atoms in total. The van der Waals surface area contributed by atoms with Crippen LogP contribution in [0.2, 0.25) is 5.02 Å². The van der Waals surface area contributed by atoms with Crippen LogP contribution in [0, 0.1) is 6.92 Å². The van der Waals surface area contributed by atoms with Gasteiger partial charge in [0.05, 0.1) is 0 Å². The Morgan fingerprint density at radius 3 is 2.76 bits per heavy atom. The van der Waals surface area contributed by atoms with E-state index in [4.69, 9.17) is 11.6 Å². The zero-order valence-corrected chi connectivity index (χ0v) is 14.4. The molecular weight excluding hydrogens is 336 g/mol. The summed E-state index contributed by atoms with van der Waals surface area (Å²) in [7, 11) is 0. The highest BCUT2D eigenvalue weighted by Crippen LogP contribution is 2.16. The zero-order valence-electron chi connectivity index (χ0n) is 13.7. The van der Waals surface area contributed by atoms with Gasteiger partial charge < -0.3 is 10.6 Å². The molecule has 0 radical (unpaired) electrons. The number of nitrogens with zero attached hydrogens (tertiary/aromatic N) is 2. The minimum Gasteiger partial charge on any atom is -0.350 e. The zero-order chi connectivity index (χ0) is 17.6. The lowest BCUT2D eigenvalue weighted by Crippen LogP contribution is -2.15. The fourth-order valence-corrected chi connectivity index (χ4v) is 2.51.